The Balaban J connectivity index is 1.72. The summed E-state index contributed by atoms with van der Waals surface area (Å²) in [7, 11) is 0. The molecule has 7 heteroatoms. The number of nitrogens with two attached hydrogens (primary N) is 1. The van der Waals surface area contributed by atoms with Gasteiger partial charge in [0.05, 0.1) is 17.7 Å². The average Bonchev–Trinajstić information content (AvgIpc) is 2.89. The van der Waals surface area contributed by atoms with Crippen molar-refractivity contribution in [1.29, 1.82) is 0 Å². The van der Waals surface area contributed by atoms with Crippen molar-refractivity contribution >= 4 is 17.4 Å². The van der Waals surface area contributed by atoms with Gasteiger partial charge in [0.2, 0.25) is 0 Å². The number of nitrogens with zero attached hydrogens (tertiary/aromatic N) is 2. The zero-order chi connectivity index (χ0) is 16.8. The Hall–Kier alpha value is -2.41. The lowest BCUT2D eigenvalue weighted by molar-refractivity contribution is 0.0858. The van der Waals surface area contributed by atoms with E-state index in [0.29, 0.717) is 49.3 Å². The van der Waals surface area contributed by atoms with E-state index in [9.17, 15) is 14.3 Å². The van der Waals surface area contributed by atoms with Gasteiger partial charge in [-0.15, -0.1) is 0 Å². The van der Waals surface area contributed by atoms with Crippen molar-refractivity contribution in [2.75, 3.05) is 17.6 Å². The standard InChI is InChI=1S/C17H19FN4O2/c18-9-1-4-14-13(7-9)11(5-6-20-14)17(24)22-16(19)12-3-2-10(23)8-15(12)21-22/h1,4,7,10-11,20,23H,2-3,5-6,8,19H2. The van der Waals surface area contributed by atoms with E-state index in [1.165, 1.54) is 16.8 Å². The van der Waals surface area contributed by atoms with Gasteiger partial charge in [0.1, 0.15) is 11.6 Å². The van der Waals surface area contributed by atoms with Crippen molar-refractivity contribution in [2.24, 2.45) is 0 Å². The highest BCUT2D eigenvalue weighted by Crippen LogP contribution is 2.35. The van der Waals surface area contributed by atoms with Gasteiger partial charge in [-0.3, -0.25) is 4.79 Å². The highest BCUT2D eigenvalue weighted by atomic mass is 19.1. The zero-order valence-electron chi connectivity index (χ0n) is 13.1. The maximum absolute atomic E-state index is 13.6. The number of nitrogens with one attached hydrogen (secondary N) is 1. The van der Waals surface area contributed by atoms with E-state index < -0.39 is 12.0 Å². The van der Waals surface area contributed by atoms with E-state index in [2.05, 4.69) is 10.4 Å². The quantitative estimate of drug-likeness (QED) is 0.740. The van der Waals surface area contributed by atoms with Gasteiger partial charge in [0.15, 0.2) is 0 Å². The minimum absolute atomic E-state index is 0.246. The van der Waals surface area contributed by atoms with Gasteiger partial charge < -0.3 is 16.2 Å². The number of hydrogen-bond acceptors (Lipinski definition) is 5. The second-order valence-electron chi connectivity index (χ2n) is 6.46. The van der Waals surface area contributed by atoms with Crippen LogP contribution in [0.2, 0.25) is 0 Å². The molecule has 0 radical (unpaired) electrons. The molecule has 2 unspecified atom stereocenters. The highest BCUT2D eigenvalue weighted by Gasteiger charge is 2.32. The summed E-state index contributed by atoms with van der Waals surface area (Å²) in [6, 6.07) is 4.42. The molecule has 6 nitrogen and oxygen atoms in total. The van der Waals surface area contributed by atoms with E-state index in [0.717, 1.165) is 11.3 Å². The largest absolute Gasteiger partial charge is 0.393 e. The Morgan fingerprint density at radius 2 is 2.25 bits per heavy atom. The predicted octanol–water partition coefficient (Wildman–Crippen LogP) is 1.69. The fraction of sp³-hybridized carbons (Fsp3) is 0.412. The van der Waals surface area contributed by atoms with Crippen LogP contribution < -0.4 is 11.1 Å². The van der Waals surface area contributed by atoms with E-state index in [1.807, 2.05) is 0 Å². The number of anilines is 2. The average molecular weight is 330 g/mol. The summed E-state index contributed by atoms with van der Waals surface area (Å²) in [5.74, 6) is -0.750. The zero-order valence-corrected chi connectivity index (χ0v) is 13.1. The van der Waals surface area contributed by atoms with Crippen molar-refractivity contribution in [3.8, 4) is 0 Å². The fourth-order valence-electron chi connectivity index (χ4n) is 3.64. The number of benzene rings is 1. The minimum atomic E-state index is -0.481. The molecule has 4 N–H and O–H groups in total. The number of aliphatic hydroxyl groups is 1. The van der Waals surface area contributed by atoms with Crippen molar-refractivity contribution < 1.29 is 14.3 Å². The van der Waals surface area contributed by atoms with Crippen LogP contribution in [0.1, 0.15) is 40.4 Å². The van der Waals surface area contributed by atoms with Gasteiger partial charge in [-0.1, -0.05) is 0 Å². The first-order chi connectivity index (χ1) is 11.5. The van der Waals surface area contributed by atoms with Gasteiger partial charge in [-0.2, -0.15) is 9.78 Å². The second-order valence-corrected chi connectivity index (χ2v) is 6.46. The maximum Gasteiger partial charge on any atom is 0.256 e. The summed E-state index contributed by atoms with van der Waals surface area (Å²) in [5, 5.41) is 17.3. The van der Waals surface area contributed by atoms with Gasteiger partial charge >= 0.3 is 0 Å². The smallest absolute Gasteiger partial charge is 0.256 e. The van der Waals surface area contributed by atoms with Crippen LogP contribution in [0.5, 0.6) is 0 Å². The molecule has 1 aliphatic heterocycles. The van der Waals surface area contributed by atoms with E-state index in [4.69, 9.17) is 5.73 Å². The van der Waals surface area contributed by atoms with Gasteiger partial charge in [-0.05, 0) is 43.0 Å². The summed E-state index contributed by atoms with van der Waals surface area (Å²) in [6.07, 6.45) is 1.77. The Kier molecular flexibility index (Phi) is 3.53. The molecule has 126 valence electrons. The van der Waals surface area contributed by atoms with Crippen LogP contribution in [0.25, 0.3) is 0 Å². The molecule has 2 atom stereocenters. The molecule has 1 aromatic carbocycles. The van der Waals surface area contributed by atoms with Crippen molar-refractivity contribution in [3.05, 3.63) is 40.8 Å². The van der Waals surface area contributed by atoms with Crippen LogP contribution >= 0.6 is 0 Å². The number of rotatable bonds is 1. The van der Waals surface area contributed by atoms with Crippen LogP contribution in [-0.4, -0.2) is 33.4 Å². The van der Waals surface area contributed by atoms with Crippen LogP contribution in [0, 0.1) is 5.82 Å². The first-order valence-electron chi connectivity index (χ1n) is 8.16. The number of fused-ring (bicyclic) bond motifs is 2. The molecule has 24 heavy (non-hydrogen) atoms. The normalized spacial score (nSPS) is 22.4. The van der Waals surface area contributed by atoms with Crippen LogP contribution in [-0.2, 0) is 12.8 Å². The lowest BCUT2D eigenvalue weighted by atomic mass is 9.90. The Labute approximate surface area is 138 Å². The van der Waals surface area contributed by atoms with Gasteiger partial charge in [0.25, 0.3) is 5.91 Å². The molecule has 4 rings (SSSR count). The Bertz CT molecular complexity index is 817. The topological polar surface area (TPSA) is 93.2 Å². The number of carbonyl (C=O) groups is 1. The predicted molar refractivity (Wildman–Crippen MR) is 87.5 cm³/mol. The van der Waals surface area contributed by atoms with E-state index in [1.54, 1.807) is 6.07 Å². The molecule has 1 aliphatic carbocycles. The third-order valence-electron chi connectivity index (χ3n) is 4.91. The van der Waals surface area contributed by atoms with E-state index >= 15 is 0 Å². The SMILES string of the molecule is Nc1c2c(nn1C(=O)C1CCNc3ccc(F)cc31)CC(O)CC2. The number of aromatic nitrogens is 2. The fourth-order valence-corrected chi connectivity index (χ4v) is 3.64. The molecule has 0 spiro atoms. The Morgan fingerprint density at radius 3 is 3.08 bits per heavy atom. The summed E-state index contributed by atoms with van der Waals surface area (Å²) in [4.78, 5) is 13.0. The summed E-state index contributed by atoms with van der Waals surface area (Å²) >= 11 is 0. The molecule has 0 saturated heterocycles. The Morgan fingerprint density at radius 1 is 1.42 bits per heavy atom. The van der Waals surface area contributed by atoms with Gasteiger partial charge in [-0.25, -0.2) is 4.39 Å². The first kappa shape index (κ1) is 15.1. The third-order valence-corrected chi connectivity index (χ3v) is 4.91. The third kappa shape index (κ3) is 2.36. The molecular formula is C17H19FN4O2. The van der Waals surface area contributed by atoms with Crippen molar-refractivity contribution in [1.82, 2.24) is 9.78 Å². The second kappa shape index (κ2) is 5.59. The van der Waals surface area contributed by atoms with Gasteiger partial charge in [0, 0.05) is 24.2 Å². The summed E-state index contributed by atoms with van der Waals surface area (Å²) < 4.78 is 14.9. The molecule has 1 aromatic heterocycles. The first-order valence-corrected chi connectivity index (χ1v) is 8.16. The molecule has 2 aliphatic rings. The van der Waals surface area contributed by atoms with Crippen molar-refractivity contribution in [3.63, 3.8) is 0 Å². The number of halogens is 1. The summed E-state index contributed by atoms with van der Waals surface area (Å²) in [6.45, 7) is 0.634. The molecule has 0 amide bonds. The summed E-state index contributed by atoms with van der Waals surface area (Å²) in [5.41, 5.74) is 9.08. The molecular weight excluding hydrogens is 311 g/mol. The molecule has 0 bridgehead atoms. The van der Waals surface area contributed by atoms with Crippen LogP contribution in [0.15, 0.2) is 18.2 Å². The van der Waals surface area contributed by atoms with E-state index in [-0.39, 0.29) is 11.7 Å². The van der Waals surface area contributed by atoms with Crippen molar-refractivity contribution in [2.45, 2.75) is 37.7 Å². The highest BCUT2D eigenvalue weighted by molar-refractivity contribution is 5.90. The monoisotopic (exact) mass is 330 g/mol. The van der Waals surface area contributed by atoms with Crippen LogP contribution in [0.3, 0.4) is 0 Å². The number of hydrogen-bond donors (Lipinski definition) is 3. The molecule has 0 fully saturated rings. The number of aliphatic hydroxyl groups excluding tert-OH is 1. The number of carbonyl (C=O) groups excluding carboxylic acids is 1. The molecule has 2 heterocycles. The lowest BCUT2D eigenvalue weighted by Gasteiger charge is -2.25. The van der Waals surface area contributed by atoms with Crippen LogP contribution in [0.4, 0.5) is 15.9 Å². The maximum atomic E-state index is 13.6. The number of nitrogen functional groups attached to an aromatic ring is 1. The molecule has 0 saturated carbocycles. The lowest BCUT2D eigenvalue weighted by Crippen LogP contribution is -2.28. The molecule has 2 aromatic rings. The minimum Gasteiger partial charge on any atom is -0.393 e.